The zero-order chi connectivity index (χ0) is 15.8. The Bertz CT molecular complexity index is 584. The van der Waals surface area contributed by atoms with E-state index < -0.39 is 11.6 Å². The Morgan fingerprint density at radius 2 is 2.00 bits per heavy atom. The van der Waals surface area contributed by atoms with Crippen LogP contribution in [0, 0.1) is 12.7 Å². The minimum absolute atomic E-state index is 0.120. The molecule has 1 aliphatic rings. The van der Waals surface area contributed by atoms with Crippen LogP contribution in [-0.4, -0.2) is 28.3 Å². The van der Waals surface area contributed by atoms with Crippen molar-refractivity contribution in [2.45, 2.75) is 52.2 Å². The average Bonchev–Trinajstić information content (AvgIpc) is 2.43. The van der Waals surface area contributed by atoms with Crippen LogP contribution < -0.4 is 5.32 Å². The number of hydrogen-bond donors (Lipinski definition) is 1. The quantitative estimate of drug-likeness (QED) is 0.928. The lowest BCUT2D eigenvalue weighted by atomic mass is 9.93. The molecule has 21 heavy (non-hydrogen) atoms. The minimum atomic E-state index is -0.943. The number of rotatable bonds is 3. The van der Waals surface area contributed by atoms with E-state index in [4.69, 9.17) is 0 Å². The van der Waals surface area contributed by atoms with Crippen molar-refractivity contribution < 1.29 is 14.0 Å². The number of nitrogens with zero attached hydrogens (tertiary/aromatic N) is 1. The first-order valence-electron chi connectivity index (χ1n) is 7.14. The Balaban J connectivity index is 2.36. The van der Waals surface area contributed by atoms with Crippen LogP contribution in [0.1, 0.15) is 38.3 Å². The smallest absolute Gasteiger partial charge is 0.246 e. The number of hydrogen-bond acceptors (Lipinski definition) is 2. The first-order chi connectivity index (χ1) is 9.77. The van der Waals surface area contributed by atoms with Crippen molar-refractivity contribution in [1.82, 2.24) is 10.2 Å². The second-order valence-corrected chi connectivity index (χ2v) is 5.99. The van der Waals surface area contributed by atoms with Crippen LogP contribution in [-0.2, 0) is 16.1 Å². The molecule has 4 nitrogen and oxygen atoms in total. The molecule has 114 valence electrons. The summed E-state index contributed by atoms with van der Waals surface area (Å²) in [6, 6.07) is 4.00. The molecule has 1 atom stereocenters. The molecule has 1 aromatic rings. The highest BCUT2D eigenvalue weighted by atomic mass is 19.1. The Kier molecular flexibility index (Phi) is 4.03. The van der Waals surface area contributed by atoms with Crippen LogP contribution in [0.15, 0.2) is 18.2 Å². The van der Waals surface area contributed by atoms with E-state index >= 15 is 0 Å². The largest absolute Gasteiger partial charge is 0.342 e. The molecule has 0 aliphatic carbocycles. The van der Waals surface area contributed by atoms with E-state index in [0.29, 0.717) is 6.42 Å². The number of halogens is 1. The lowest BCUT2D eigenvalue weighted by Gasteiger charge is -2.44. The third-order valence-electron chi connectivity index (χ3n) is 4.15. The Morgan fingerprint density at radius 1 is 1.33 bits per heavy atom. The Labute approximate surface area is 124 Å². The molecule has 1 heterocycles. The number of benzene rings is 1. The summed E-state index contributed by atoms with van der Waals surface area (Å²) in [5.41, 5.74) is 0.682. The van der Waals surface area contributed by atoms with E-state index in [1.165, 1.54) is 12.1 Å². The first-order valence-corrected chi connectivity index (χ1v) is 7.14. The van der Waals surface area contributed by atoms with Gasteiger partial charge in [-0.3, -0.25) is 9.59 Å². The molecule has 1 fully saturated rings. The van der Waals surface area contributed by atoms with Crippen molar-refractivity contribution in [2.24, 2.45) is 0 Å². The zero-order valence-electron chi connectivity index (χ0n) is 12.9. The van der Waals surface area contributed by atoms with Crippen LogP contribution in [0.4, 0.5) is 4.39 Å². The first kappa shape index (κ1) is 15.5. The van der Waals surface area contributed by atoms with Gasteiger partial charge in [-0.2, -0.15) is 0 Å². The van der Waals surface area contributed by atoms with E-state index in [9.17, 15) is 14.0 Å². The summed E-state index contributed by atoms with van der Waals surface area (Å²) >= 11 is 0. The van der Waals surface area contributed by atoms with Crippen LogP contribution in [0.5, 0.6) is 0 Å². The SMILES string of the molecule is CCC1NC(=O)C(C)(C)N(Cc2cc(F)ccc2C)C1=O. The summed E-state index contributed by atoms with van der Waals surface area (Å²) in [7, 11) is 0. The maximum Gasteiger partial charge on any atom is 0.246 e. The molecule has 5 heteroatoms. The van der Waals surface area contributed by atoms with Crippen molar-refractivity contribution in [3.63, 3.8) is 0 Å². The van der Waals surface area contributed by atoms with Gasteiger partial charge in [-0.05, 0) is 50.5 Å². The molecule has 0 aromatic heterocycles. The third-order valence-corrected chi connectivity index (χ3v) is 4.15. The van der Waals surface area contributed by atoms with Gasteiger partial charge < -0.3 is 10.2 Å². The summed E-state index contributed by atoms with van der Waals surface area (Å²) < 4.78 is 13.4. The van der Waals surface area contributed by atoms with Gasteiger partial charge in [0.1, 0.15) is 17.4 Å². The van der Waals surface area contributed by atoms with E-state index in [2.05, 4.69) is 5.32 Å². The fourth-order valence-corrected chi connectivity index (χ4v) is 2.52. The molecular weight excluding hydrogens is 271 g/mol. The number of aryl methyl sites for hydroxylation is 1. The fraction of sp³-hybridized carbons (Fsp3) is 0.500. The number of carbonyl (C=O) groups excluding carboxylic acids is 2. The molecule has 1 aromatic carbocycles. The molecule has 1 saturated heterocycles. The monoisotopic (exact) mass is 292 g/mol. The maximum atomic E-state index is 13.4. The predicted octanol–water partition coefficient (Wildman–Crippen LogP) is 2.15. The molecule has 0 spiro atoms. The number of piperazine rings is 1. The molecular formula is C16H21FN2O2. The van der Waals surface area contributed by atoms with Crippen molar-refractivity contribution in [3.8, 4) is 0 Å². The van der Waals surface area contributed by atoms with Gasteiger partial charge in [0.15, 0.2) is 0 Å². The van der Waals surface area contributed by atoms with Crippen LogP contribution in [0.25, 0.3) is 0 Å². The highest BCUT2D eigenvalue weighted by Gasteiger charge is 2.45. The van der Waals surface area contributed by atoms with E-state index in [1.807, 2.05) is 13.8 Å². The lowest BCUT2D eigenvalue weighted by molar-refractivity contribution is -0.156. The zero-order valence-corrected chi connectivity index (χ0v) is 12.9. The molecule has 2 rings (SSSR count). The molecule has 0 saturated carbocycles. The minimum Gasteiger partial charge on any atom is -0.342 e. The summed E-state index contributed by atoms with van der Waals surface area (Å²) in [6.07, 6.45) is 0.541. The summed E-state index contributed by atoms with van der Waals surface area (Å²) in [4.78, 5) is 26.3. The third kappa shape index (κ3) is 2.77. The van der Waals surface area contributed by atoms with Gasteiger partial charge in [-0.15, -0.1) is 0 Å². The van der Waals surface area contributed by atoms with Gasteiger partial charge >= 0.3 is 0 Å². The van der Waals surface area contributed by atoms with Crippen LogP contribution in [0.2, 0.25) is 0 Å². The molecule has 0 radical (unpaired) electrons. The fourth-order valence-electron chi connectivity index (χ4n) is 2.52. The van der Waals surface area contributed by atoms with E-state index in [0.717, 1.165) is 11.1 Å². The normalized spacial score (nSPS) is 21.4. The van der Waals surface area contributed by atoms with Gasteiger partial charge in [0, 0.05) is 6.54 Å². The van der Waals surface area contributed by atoms with Gasteiger partial charge in [-0.25, -0.2) is 4.39 Å². The Hall–Kier alpha value is -1.91. The predicted molar refractivity (Wildman–Crippen MR) is 78.0 cm³/mol. The van der Waals surface area contributed by atoms with Crippen LogP contribution >= 0.6 is 0 Å². The molecule has 1 N–H and O–H groups in total. The summed E-state index contributed by atoms with van der Waals surface area (Å²) in [5, 5.41) is 2.74. The van der Waals surface area contributed by atoms with Crippen molar-refractivity contribution in [1.29, 1.82) is 0 Å². The van der Waals surface area contributed by atoms with E-state index in [-0.39, 0.29) is 24.2 Å². The van der Waals surface area contributed by atoms with E-state index in [1.54, 1.807) is 24.8 Å². The lowest BCUT2D eigenvalue weighted by Crippen LogP contribution is -2.67. The second kappa shape index (κ2) is 5.47. The standard InChI is InChI=1S/C16H21FN2O2/c1-5-13-14(20)19(16(3,4)15(21)18-13)9-11-8-12(17)7-6-10(11)2/h6-8,13H,5,9H2,1-4H3,(H,18,21). The topological polar surface area (TPSA) is 49.4 Å². The Morgan fingerprint density at radius 3 is 2.62 bits per heavy atom. The van der Waals surface area contributed by atoms with Crippen molar-refractivity contribution >= 4 is 11.8 Å². The van der Waals surface area contributed by atoms with Crippen molar-refractivity contribution in [3.05, 3.63) is 35.1 Å². The highest BCUT2D eigenvalue weighted by molar-refractivity contribution is 5.99. The van der Waals surface area contributed by atoms with Gasteiger partial charge in [0.2, 0.25) is 11.8 Å². The van der Waals surface area contributed by atoms with Crippen LogP contribution in [0.3, 0.4) is 0 Å². The number of carbonyl (C=O) groups is 2. The van der Waals surface area contributed by atoms with Gasteiger partial charge in [0.25, 0.3) is 0 Å². The molecule has 1 aliphatic heterocycles. The summed E-state index contributed by atoms with van der Waals surface area (Å²) in [5.74, 6) is -0.636. The molecule has 2 amide bonds. The van der Waals surface area contributed by atoms with Gasteiger partial charge in [-0.1, -0.05) is 13.0 Å². The highest BCUT2D eigenvalue weighted by Crippen LogP contribution is 2.25. The van der Waals surface area contributed by atoms with Gasteiger partial charge in [0.05, 0.1) is 0 Å². The average molecular weight is 292 g/mol. The number of amides is 2. The second-order valence-electron chi connectivity index (χ2n) is 5.99. The van der Waals surface area contributed by atoms with Crippen molar-refractivity contribution in [2.75, 3.05) is 0 Å². The maximum absolute atomic E-state index is 13.4. The summed E-state index contributed by atoms with van der Waals surface area (Å²) in [6.45, 7) is 7.38. The molecule has 1 unspecified atom stereocenters. The number of nitrogens with one attached hydrogen (secondary N) is 1. The molecule has 0 bridgehead atoms.